The number of hydrogen-bond donors (Lipinski definition) is 0. The van der Waals surface area contributed by atoms with Gasteiger partial charge >= 0.3 is 5.97 Å². The smallest absolute Gasteiger partial charge is 0.346 e. The number of hydrogen-bond acceptors (Lipinski definition) is 5. The van der Waals surface area contributed by atoms with Crippen LogP contribution in [0.15, 0.2) is 30.3 Å². The minimum Gasteiger partial charge on any atom is -0.478 e. The van der Waals surface area contributed by atoms with E-state index in [9.17, 15) is 14.4 Å². The van der Waals surface area contributed by atoms with E-state index in [2.05, 4.69) is 0 Å². The van der Waals surface area contributed by atoms with E-state index in [1.807, 2.05) is 69.5 Å². The Bertz CT molecular complexity index is 1230. The molecule has 3 aromatic rings. The second kappa shape index (κ2) is 11.3. The summed E-state index contributed by atoms with van der Waals surface area (Å²) in [6.45, 7) is 13.6. The Hall–Kier alpha value is -3.12. The van der Waals surface area contributed by atoms with Gasteiger partial charge in [0.2, 0.25) is 5.78 Å². The molecule has 1 atom stereocenters. The predicted octanol–water partition coefficient (Wildman–Crippen LogP) is 5.84. The van der Waals surface area contributed by atoms with Gasteiger partial charge in [0.05, 0.1) is 23.6 Å². The maximum absolute atomic E-state index is 12.9. The molecule has 0 aliphatic rings. The number of halogens is 1. The topological polar surface area (TPSA) is 74.6 Å². The molecule has 182 valence electrons. The highest BCUT2D eigenvalue weighted by atomic mass is 35.5. The SMILES string of the molecule is CC.COC(=O)C(C)Oc1c(C)c(C)c(C)c2c1c(C(=O)C(=O)Cl)c(C)n2Cc1ccccc1. The fourth-order valence-corrected chi connectivity index (χ4v) is 4.14. The molecule has 3 rings (SSSR count). The first-order valence-electron chi connectivity index (χ1n) is 11.2. The first-order chi connectivity index (χ1) is 16.1. The number of esters is 1. The maximum Gasteiger partial charge on any atom is 0.346 e. The number of carbonyl (C=O) groups is 3. The maximum atomic E-state index is 12.9. The van der Waals surface area contributed by atoms with Crippen molar-refractivity contribution in [3.63, 3.8) is 0 Å². The van der Waals surface area contributed by atoms with Gasteiger partial charge in [-0.3, -0.25) is 9.59 Å². The first-order valence-corrected chi connectivity index (χ1v) is 11.6. The lowest BCUT2D eigenvalue weighted by Gasteiger charge is -2.20. The largest absolute Gasteiger partial charge is 0.478 e. The molecule has 0 N–H and O–H groups in total. The van der Waals surface area contributed by atoms with Gasteiger partial charge in [0, 0.05) is 12.2 Å². The van der Waals surface area contributed by atoms with Crippen molar-refractivity contribution in [3.8, 4) is 5.75 Å². The Kier molecular flexibility index (Phi) is 9.05. The fraction of sp³-hybridized carbons (Fsp3) is 0.370. The number of nitrogens with zero attached hydrogens (tertiary/aromatic N) is 1. The highest BCUT2D eigenvalue weighted by Gasteiger charge is 2.30. The number of aryl methyl sites for hydroxylation is 1. The highest BCUT2D eigenvalue weighted by Crippen LogP contribution is 2.41. The molecule has 0 aliphatic carbocycles. The molecule has 0 spiro atoms. The van der Waals surface area contributed by atoms with Crippen LogP contribution in [0.1, 0.15) is 59.1 Å². The Labute approximate surface area is 205 Å². The van der Waals surface area contributed by atoms with Crippen molar-refractivity contribution in [1.29, 1.82) is 0 Å². The molecule has 0 saturated carbocycles. The zero-order valence-electron chi connectivity index (χ0n) is 21.0. The summed E-state index contributed by atoms with van der Waals surface area (Å²) in [4.78, 5) is 36.9. The summed E-state index contributed by atoms with van der Waals surface area (Å²) < 4.78 is 12.8. The van der Waals surface area contributed by atoms with E-state index in [0.717, 1.165) is 27.8 Å². The van der Waals surface area contributed by atoms with E-state index < -0.39 is 23.1 Å². The van der Waals surface area contributed by atoms with E-state index in [-0.39, 0.29) is 5.56 Å². The van der Waals surface area contributed by atoms with E-state index >= 15 is 0 Å². The van der Waals surface area contributed by atoms with Gasteiger partial charge in [0.25, 0.3) is 5.24 Å². The number of ketones is 1. The van der Waals surface area contributed by atoms with Gasteiger partial charge in [-0.25, -0.2) is 4.79 Å². The molecule has 0 fully saturated rings. The number of rotatable bonds is 7. The van der Waals surface area contributed by atoms with Crippen LogP contribution in [0.25, 0.3) is 10.9 Å². The minimum atomic E-state index is -1.07. The molecule has 1 aromatic heterocycles. The Balaban J connectivity index is 0.00000199. The number of methoxy groups -OCH3 is 1. The van der Waals surface area contributed by atoms with Crippen molar-refractivity contribution in [1.82, 2.24) is 4.57 Å². The zero-order chi connectivity index (χ0) is 25.7. The van der Waals surface area contributed by atoms with Crippen molar-refractivity contribution in [2.45, 2.75) is 61.1 Å². The summed E-state index contributed by atoms with van der Waals surface area (Å²) in [7, 11) is 1.28. The molecule has 1 unspecified atom stereocenters. The van der Waals surface area contributed by atoms with Crippen LogP contribution in [-0.4, -0.2) is 34.8 Å². The average molecular weight is 486 g/mol. The third kappa shape index (κ3) is 5.02. The van der Waals surface area contributed by atoms with Crippen LogP contribution in [-0.2, 0) is 20.9 Å². The zero-order valence-corrected chi connectivity index (χ0v) is 21.8. The summed E-state index contributed by atoms with van der Waals surface area (Å²) in [5.41, 5.74) is 5.29. The van der Waals surface area contributed by atoms with Crippen molar-refractivity contribution >= 4 is 39.5 Å². The van der Waals surface area contributed by atoms with Gasteiger partial charge in [-0.1, -0.05) is 44.2 Å². The summed E-state index contributed by atoms with van der Waals surface area (Å²) in [6, 6.07) is 9.81. The highest BCUT2D eigenvalue weighted by molar-refractivity contribution is 6.83. The van der Waals surface area contributed by atoms with Gasteiger partial charge in [-0.05, 0) is 68.5 Å². The van der Waals surface area contributed by atoms with Crippen LogP contribution < -0.4 is 4.74 Å². The Morgan fingerprint density at radius 1 is 0.971 bits per heavy atom. The molecule has 1 heterocycles. The monoisotopic (exact) mass is 485 g/mol. The average Bonchev–Trinajstić information content (AvgIpc) is 3.12. The second-order valence-corrected chi connectivity index (χ2v) is 8.19. The summed E-state index contributed by atoms with van der Waals surface area (Å²) >= 11 is 5.63. The number of Topliss-reactive ketones (excluding diaryl/α,β-unsaturated/α-hetero) is 1. The van der Waals surface area contributed by atoms with Gasteiger partial charge in [0.15, 0.2) is 6.10 Å². The van der Waals surface area contributed by atoms with Crippen LogP contribution in [0.2, 0.25) is 0 Å². The molecule has 0 amide bonds. The third-order valence-corrected chi connectivity index (χ3v) is 6.16. The molecular formula is C27H32ClNO5. The minimum absolute atomic E-state index is 0.189. The normalized spacial score (nSPS) is 11.4. The molecule has 0 bridgehead atoms. The summed E-state index contributed by atoms with van der Waals surface area (Å²) in [5.74, 6) is -0.978. The molecule has 0 aliphatic heterocycles. The van der Waals surface area contributed by atoms with Gasteiger partial charge in [-0.15, -0.1) is 0 Å². The Morgan fingerprint density at radius 3 is 2.09 bits per heavy atom. The molecule has 34 heavy (non-hydrogen) atoms. The van der Waals surface area contributed by atoms with Gasteiger partial charge < -0.3 is 14.0 Å². The van der Waals surface area contributed by atoms with E-state index in [1.54, 1.807) is 13.8 Å². The summed E-state index contributed by atoms with van der Waals surface area (Å²) in [6.07, 6.45) is -0.906. The van der Waals surface area contributed by atoms with Crippen LogP contribution in [0.3, 0.4) is 0 Å². The third-order valence-electron chi connectivity index (χ3n) is 5.99. The van der Waals surface area contributed by atoms with Crippen molar-refractivity contribution in [3.05, 3.63) is 63.8 Å². The predicted molar refractivity (Wildman–Crippen MR) is 135 cm³/mol. The second-order valence-electron chi connectivity index (χ2n) is 7.85. The quantitative estimate of drug-likeness (QED) is 0.182. The standard InChI is InChI=1S/C25H26ClNO5.C2H6/c1-13-14(2)21-20(23(15(13)3)32-17(5)25(30)31-6)19(22(28)24(26)29)16(4)27(21)12-18-10-8-7-9-11-18;1-2/h7-11,17H,12H2,1-6H3;1-2H3. The number of fused-ring (bicyclic) bond motifs is 1. The van der Waals surface area contributed by atoms with E-state index in [1.165, 1.54) is 7.11 Å². The first kappa shape index (κ1) is 27.1. The molecule has 0 saturated heterocycles. The van der Waals surface area contributed by atoms with E-state index in [4.69, 9.17) is 21.1 Å². The molecular weight excluding hydrogens is 454 g/mol. The molecule has 2 aromatic carbocycles. The van der Waals surface area contributed by atoms with E-state index in [0.29, 0.717) is 23.4 Å². The van der Waals surface area contributed by atoms with Gasteiger partial charge in [-0.2, -0.15) is 0 Å². The number of aromatic nitrogens is 1. The lowest BCUT2D eigenvalue weighted by Crippen LogP contribution is -2.25. The molecule has 6 nitrogen and oxygen atoms in total. The lowest BCUT2D eigenvalue weighted by atomic mass is 9.96. The van der Waals surface area contributed by atoms with Crippen LogP contribution in [0, 0.1) is 27.7 Å². The van der Waals surface area contributed by atoms with Crippen molar-refractivity contribution in [2.24, 2.45) is 0 Å². The number of carbonyl (C=O) groups excluding carboxylic acids is 3. The van der Waals surface area contributed by atoms with Crippen LogP contribution in [0.5, 0.6) is 5.75 Å². The van der Waals surface area contributed by atoms with Crippen molar-refractivity contribution < 1.29 is 23.9 Å². The summed E-state index contributed by atoms with van der Waals surface area (Å²) in [5, 5.41) is -0.594. The van der Waals surface area contributed by atoms with Crippen LogP contribution >= 0.6 is 11.6 Å². The lowest BCUT2D eigenvalue weighted by molar-refractivity contribution is -0.147. The van der Waals surface area contributed by atoms with Gasteiger partial charge in [0.1, 0.15) is 5.75 Å². The Morgan fingerprint density at radius 2 is 1.56 bits per heavy atom. The van der Waals surface area contributed by atoms with Crippen molar-refractivity contribution in [2.75, 3.05) is 7.11 Å². The fourth-order valence-electron chi connectivity index (χ4n) is 4.04. The molecule has 0 radical (unpaired) electrons. The number of ether oxygens (including phenoxy) is 2. The number of benzene rings is 2. The molecule has 7 heteroatoms. The van der Waals surface area contributed by atoms with Crippen LogP contribution in [0.4, 0.5) is 0 Å².